The van der Waals surface area contributed by atoms with Crippen LogP contribution in [0.2, 0.25) is 5.02 Å². The molecule has 0 radical (unpaired) electrons. The van der Waals surface area contributed by atoms with Crippen LogP contribution in [0.1, 0.15) is 29.7 Å². The van der Waals surface area contributed by atoms with Crippen LogP contribution in [0.4, 0.5) is 0 Å². The number of aromatic amines is 1. The topological polar surface area (TPSA) is 102 Å². The number of hydrogen-bond acceptors (Lipinski definition) is 5. The molecule has 0 fully saturated rings. The van der Waals surface area contributed by atoms with E-state index >= 15 is 0 Å². The van der Waals surface area contributed by atoms with Crippen LogP contribution in [0.25, 0.3) is 33.3 Å². The highest BCUT2D eigenvalue weighted by Gasteiger charge is 2.22. The number of halogens is 1. The summed E-state index contributed by atoms with van der Waals surface area (Å²) in [6.45, 7) is 1.91. The lowest BCUT2D eigenvalue weighted by Gasteiger charge is -2.17. The third-order valence-corrected chi connectivity index (χ3v) is 5.39. The zero-order chi connectivity index (χ0) is 21.4. The lowest BCUT2D eigenvalue weighted by molar-refractivity contribution is -0.141. The van der Waals surface area contributed by atoms with E-state index in [1.807, 2.05) is 29.7 Å². The van der Waals surface area contributed by atoms with Crippen molar-refractivity contribution in [3.63, 3.8) is 0 Å². The zero-order valence-electron chi connectivity index (χ0n) is 16.7. The fourth-order valence-corrected chi connectivity index (χ4v) is 3.81. The van der Waals surface area contributed by atoms with E-state index < -0.39 is 0 Å². The Hall–Kier alpha value is -3.39. The maximum atomic E-state index is 12.2. The number of rotatable bonds is 5. The molecule has 0 aliphatic heterocycles. The Balaban J connectivity index is 1.95. The molecule has 0 spiro atoms. The molecule has 0 saturated carbocycles. The van der Waals surface area contributed by atoms with E-state index in [0.29, 0.717) is 21.9 Å². The summed E-state index contributed by atoms with van der Waals surface area (Å²) in [5.41, 5.74) is 3.39. The lowest BCUT2D eigenvalue weighted by atomic mass is 10.1. The number of aromatic nitrogens is 4. The van der Waals surface area contributed by atoms with Crippen molar-refractivity contribution in [1.82, 2.24) is 25.1 Å². The molecule has 30 heavy (non-hydrogen) atoms. The van der Waals surface area contributed by atoms with Gasteiger partial charge >= 0.3 is 5.97 Å². The first kappa shape index (κ1) is 19.9. The van der Waals surface area contributed by atoms with Crippen molar-refractivity contribution < 1.29 is 14.3 Å². The van der Waals surface area contributed by atoms with E-state index in [0.717, 1.165) is 22.0 Å². The minimum absolute atomic E-state index is 0.163. The third-order valence-electron chi connectivity index (χ3n) is 5.08. The molecule has 2 aromatic heterocycles. The monoisotopic (exact) mass is 425 g/mol. The number of hydrogen-bond donors (Lipinski definition) is 2. The molecule has 154 valence electrons. The van der Waals surface area contributed by atoms with Gasteiger partial charge in [-0.25, -0.2) is 4.98 Å². The van der Waals surface area contributed by atoms with Crippen LogP contribution in [0.5, 0.6) is 0 Å². The molecule has 2 aromatic carbocycles. The summed E-state index contributed by atoms with van der Waals surface area (Å²) >= 11 is 6.40. The Kier molecular flexibility index (Phi) is 5.17. The van der Waals surface area contributed by atoms with Gasteiger partial charge in [-0.2, -0.15) is 5.10 Å². The van der Waals surface area contributed by atoms with Gasteiger partial charge in [0, 0.05) is 24.0 Å². The highest BCUT2D eigenvalue weighted by atomic mass is 35.5. The molecule has 0 saturated heterocycles. The Morgan fingerprint density at radius 2 is 2.10 bits per heavy atom. The van der Waals surface area contributed by atoms with Crippen molar-refractivity contribution in [2.45, 2.75) is 19.4 Å². The molecule has 1 atom stereocenters. The predicted octanol–water partition coefficient (Wildman–Crippen LogP) is 3.72. The number of H-pyrrole nitrogens is 1. The van der Waals surface area contributed by atoms with E-state index in [1.54, 1.807) is 25.4 Å². The summed E-state index contributed by atoms with van der Waals surface area (Å²) in [7, 11) is 2.91. The number of carbonyl (C=O) groups is 2. The van der Waals surface area contributed by atoms with Gasteiger partial charge in [-0.3, -0.25) is 14.7 Å². The Labute approximate surface area is 177 Å². The van der Waals surface area contributed by atoms with Gasteiger partial charge in [-0.15, -0.1) is 0 Å². The highest BCUT2D eigenvalue weighted by Crippen LogP contribution is 2.33. The number of benzene rings is 2. The maximum Gasteiger partial charge on any atom is 0.307 e. The average molecular weight is 426 g/mol. The van der Waals surface area contributed by atoms with Crippen molar-refractivity contribution in [3.8, 4) is 11.4 Å². The van der Waals surface area contributed by atoms with Gasteiger partial charge in [-0.1, -0.05) is 23.7 Å². The van der Waals surface area contributed by atoms with Crippen LogP contribution in [-0.4, -0.2) is 45.8 Å². The third kappa shape index (κ3) is 3.39. The SMILES string of the molecule is CNC(=O)c1cc2nc(-c3ccc4cn[nH]c4c3)n([C@@H](C)CC(=O)OC)c2cc1Cl. The number of imidazole rings is 1. The molecule has 1 amide bonds. The second-order valence-electron chi connectivity index (χ2n) is 7.01. The number of ether oxygens (including phenoxy) is 1. The van der Waals surface area contributed by atoms with Gasteiger partial charge < -0.3 is 14.6 Å². The molecule has 8 nitrogen and oxygen atoms in total. The average Bonchev–Trinajstić information content (AvgIpc) is 3.35. The molecule has 0 bridgehead atoms. The molecule has 4 aromatic rings. The summed E-state index contributed by atoms with van der Waals surface area (Å²) in [5, 5.41) is 10.9. The van der Waals surface area contributed by atoms with Crippen molar-refractivity contribution in [3.05, 3.63) is 47.1 Å². The number of nitrogens with one attached hydrogen (secondary N) is 2. The smallest absolute Gasteiger partial charge is 0.307 e. The summed E-state index contributed by atoms with van der Waals surface area (Å²) in [5.74, 6) is 0.0370. The number of esters is 1. The van der Waals surface area contributed by atoms with Crippen molar-refractivity contribution in [2.75, 3.05) is 14.2 Å². The lowest BCUT2D eigenvalue weighted by Crippen LogP contribution is -2.18. The van der Waals surface area contributed by atoms with E-state index in [9.17, 15) is 9.59 Å². The van der Waals surface area contributed by atoms with Gasteiger partial charge in [0.2, 0.25) is 0 Å². The molecule has 9 heteroatoms. The Bertz CT molecular complexity index is 1280. The number of amides is 1. The summed E-state index contributed by atoms with van der Waals surface area (Å²) in [4.78, 5) is 28.9. The van der Waals surface area contributed by atoms with Crippen LogP contribution in [0.15, 0.2) is 36.5 Å². The van der Waals surface area contributed by atoms with E-state index in [1.165, 1.54) is 7.11 Å². The van der Waals surface area contributed by atoms with Crippen LogP contribution >= 0.6 is 11.6 Å². The normalized spacial score (nSPS) is 12.3. The van der Waals surface area contributed by atoms with Gasteiger partial charge in [-0.05, 0) is 25.1 Å². The van der Waals surface area contributed by atoms with E-state index in [2.05, 4.69) is 15.5 Å². The fourth-order valence-electron chi connectivity index (χ4n) is 3.57. The van der Waals surface area contributed by atoms with Crippen molar-refractivity contribution in [1.29, 1.82) is 0 Å². The van der Waals surface area contributed by atoms with Gasteiger partial charge in [0.25, 0.3) is 5.91 Å². The van der Waals surface area contributed by atoms with Gasteiger partial charge in [0.15, 0.2) is 0 Å². The molecule has 0 aliphatic rings. The maximum absolute atomic E-state index is 12.2. The fraction of sp³-hybridized carbons (Fsp3) is 0.238. The first-order chi connectivity index (χ1) is 14.4. The summed E-state index contributed by atoms with van der Waals surface area (Å²) < 4.78 is 6.80. The quantitative estimate of drug-likeness (QED) is 0.474. The first-order valence-corrected chi connectivity index (χ1v) is 9.74. The van der Waals surface area contributed by atoms with Crippen molar-refractivity contribution in [2.24, 2.45) is 0 Å². The zero-order valence-corrected chi connectivity index (χ0v) is 17.4. The molecule has 2 N–H and O–H groups in total. The van der Waals surface area contributed by atoms with Crippen LogP contribution in [0, 0.1) is 0 Å². The second-order valence-corrected chi connectivity index (χ2v) is 7.41. The molecule has 4 rings (SSSR count). The molecule has 0 unspecified atom stereocenters. The van der Waals surface area contributed by atoms with Crippen molar-refractivity contribution >= 4 is 45.4 Å². The summed E-state index contributed by atoms with van der Waals surface area (Å²) in [6, 6.07) is 8.97. The minimum Gasteiger partial charge on any atom is -0.469 e. The predicted molar refractivity (Wildman–Crippen MR) is 115 cm³/mol. The molecular formula is C21H20ClN5O3. The van der Waals surface area contributed by atoms with Crippen LogP contribution < -0.4 is 5.32 Å². The second kappa shape index (κ2) is 7.79. The molecule has 2 heterocycles. The van der Waals surface area contributed by atoms with Gasteiger partial charge in [0.1, 0.15) is 5.82 Å². The highest BCUT2D eigenvalue weighted by molar-refractivity contribution is 6.34. The largest absolute Gasteiger partial charge is 0.469 e. The Morgan fingerprint density at radius 3 is 2.83 bits per heavy atom. The van der Waals surface area contributed by atoms with E-state index in [4.69, 9.17) is 21.3 Å². The Morgan fingerprint density at radius 1 is 1.30 bits per heavy atom. The summed E-state index contributed by atoms with van der Waals surface area (Å²) in [6.07, 6.45) is 1.91. The molecular weight excluding hydrogens is 406 g/mol. The number of carbonyl (C=O) groups excluding carboxylic acids is 2. The minimum atomic E-state index is -0.326. The number of nitrogens with zero attached hydrogens (tertiary/aromatic N) is 3. The molecule has 0 aliphatic carbocycles. The van der Waals surface area contributed by atoms with E-state index in [-0.39, 0.29) is 24.3 Å². The number of methoxy groups -OCH3 is 1. The van der Waals surface area contributed by atoms with Crippen LogP contribution in [-0.2, 0) is 9.53 Å². The van der Waals surface area contributed by atoms with Crippen LogP contribution in [0.3, 0.4) is 0 Å². The van der Waals surface area contributed by atoms with Gasteiger partial charge in [0.05, 0.1) is 46.9 Å². The number of fused-ring (bicyclic) bond motifs is 2. The first-order valence-electron chi connectivity index (χ1n) is 9.36. The standard InChI is InChI=1S/C21H20ClN5O3/c1-11(6-19(28)30-3)27-18-9-15(22)14(21(29)23-2)8-17(18)25-20(27)12-4-5-13-10-24-26-16(13)7-12/h4-5,7-11H,6H2,1-3H3,(H,23,29)(H,24,26)/t11-/m0/s1.